The summed E-state index contributed by atoms with van der Waals surface area (Å²) in [6.07, 6.45) is 1.30. The summed E-state index contributed by atoms with van der Waals surface area (Å²) in [6, 6.07) is 5.77. The third kappa shape index (κ3) is 3.78. The Labute approximate surface area is 92.8 Å². The van der Waals surface area contributed by atoms with Gasteiger partial charge in [0.15, 0.2) is 0 Å². The molecule has 1 aromatic rings. The van der Waals surface area contributed by atoms with Crippen molar-refractivity contribution in [3.05, 3.63) is 35.6 Å². The molecular weight excluding hydrogens is 211 g/mol. The Morgan fingerprint density at radius 3 is 2.81 bits per heavy atom. The van der Waals surface area contributed by atoms with Crippen molar-refractivity contribution in [3.63, 3.8) is 0 Å². The van der Waals surface area contributed by atoms with Crippen LogP contribution in [0.15, 0.2) is 29.4 Å². The molecule has 16 heavy (non-hydrogen) atoms. The molecule has 0 aliphatic carbocycles. The third-order valence-corrected chi connectivity index (χ3v) is 1.78. The Balaban J connectivity index is 2.59. The van der Waals surface area contributed by atoms with E-state index in [1.165, 1.54) is 38.3 Å². The Hall–Kier alpha value is -1.75. The van der Waals surface area contributed by atoms with E-state index in [9.17, 15) is 14.3 Å². The number of aliphatic hydroxyl groups is 1. The number of carbonyl (C=O) groups excluding carboxylic acids is 1. The van der Waals surface area contributed by atoms with Crippen LogP contribution in [-0.2, 0) is 4.79 Å². The molecule has 1 aromatic carbocycles. The minimum atomic E-state index is -1.49. The molecule has 0 aliphatic heterocycles. The molecular formula is C11H13FN2O2. The molecule has 0 unspecified atom stereocenters. The summed E-state index contributed by atoms with van der Waals surface area (Å²) >= 11 is 0. The van der Waals surface area contributed by atoms with Crippen molar-refractivity contribution < 1.29 is 14.3 Å². The maximum absolute atomic E-state index is 12.8. The quantitative estimate of drug-likeness (QED) is 0.595. The van der Waals surface area contributed by atoms with E-state index in [-0.39, 0.29) is 5.82 Å². The molecule has 0 heterocycles. The predicted octanol–water partition coefficient (Wildman–Crippen LogP) is 1.05. The van der Waals surface area contributed by atoms with Crippen LogP contribution in [0.1, 0.15) is 19.4 Å². The molecule has 5 heteroatoms. The minimum absolute atomic E-state index is 0.377. The second-order valence-electron chi connectivity index (χ2n) is 3.81. The fourth-order valence-corrected chi connectivity index (χ4v) is 0.889. The number of hydrazone groups is 1. The van der Waals surface area contributed by atoms with E-state index < -0.39 is 11.5 Å². The standard InChI is InChI=1S/C11H13FN2O2/c1-11(2,16)10(15)14-13-7-8-4-3-5-9(12)6-8/h3-7,16H,1-2H3,(H,14,15)/b13-7-. The number of amides is 1. The van der Waals surface area contributed by atoms with Crippen LogP contribution in [0.25, 0.3) is 0 Å². The van der Waals surface area contributed by atoms with Gasteiger partial charge >= 0.3 is 0 Å². The lowest BCUT2D eigenvalue weighted by molar-refractivity contribution is -0.136. The van der Waals surface area contributed by atoms with Gasteiger partial charge in [0.2, 0.25) is 0 Å². The van der Waals surface area contributed by atoms with Gasteiger partial charge in [0.25, 0.3) is 5.91 Å². The minimum Gasteiger partial charge on any atom is -0.381 e. The molecule has 0 saturated heterocycles. The van der Waals surface area contributed by atoms with Crippen LogP contribution in [0.4, 0.5) is 4.39 Å². The smallest absolute Gasteiger partial charge is 0.271 e. The topological polar surface area (TPSA) is 61.7 Å². The SMILES string of the molecule is CC(C)(O)C(=O)N/N=C\c1cccc(F)c1. The summed E-state index contributed by atoms with van der Waals surface area (Å²) in [5.74, 6) is -1.00. The molecule has 1 amide bonds. The van der Waals surface area contributed by atoms with Crippen molar-refractivity contribution in [2.45, 2.75) is 19.4 Å². The van der Waals surface area contributed by atoms with Gasteiger partial charge in [-0.05, 0) is 31.5 Å². The zero-order valence-corrected chi connectivity index (χ0v) is 9.07. The number of halogens is 1. The first-order chi connectivity index (χ1) is 7.39. The van der Waals surface area contributed by atoms with E-state index in [2.05, 4.69) is 10.5 Å². The molecule has 0 aliphatic rings. The summed E-state index contributed by atoms with van der Waals surface area (Å²) in [5.41, 5.74) is 1.19. The second kappa shape index (κ2) is 4.85. The highest BCUT2D eigenvalue weighted by molar-refractivity contribution is 5.86. The van der Waals surface area contributed by atoms with Crippen LogP contribution in [-0.4, -0.2) is 22.8 Å². The Morgan fingerprint density at radius 2 is 2.25 bits per heavy atom. The molecule has 1 rings (SSSR count). The van der Waals surface area contributed by atoms with Crippen LogP contribution >= 0.6 is 0 Å². The van der Waals surface area contributed by atoms with Gasteiger partial charge in [-0.25, -0.2) is 9.82 Å². The van der Waals surface area contributed by atoms with E-state index in [1.54, 1.807) is 6.07 Å². The molecule has 0 bridgehead atoms. The fourth-order valence-electron chi connectivity index (χ4n) is 0.889. The highest BCUT2D eigenvalue weighted by Gasteiger charge is 2.22. The number of hydrogen-bond donors (Lipinski definition) is 2. The molecule has 2 N–H and O–H groups in total. The molecule has 0 fully saturated rings. The number of hydrogen-bond acceptors (Lipinski definition) is 3. The number of rotatable bonds is 3. The average Bonchev–Trinajstić information content (AvgIpc) is 2.16. The lowest BCUT2D eigenvalue weighted by Gasteiger charge is -2.13. The Kier molecular flexibility index (Phi) is 3.73. The van der Waals surface area contributed by atoms with Crippen molar-refractivity contribution in [1.29, 1.82) is 0 Å². The summed E-state index contributed by atoms with van der Waals surface area (Å²) in [4.78, 5) is 11.2. The third-order valence-electron chi connectivity index (χ3n) is 1.78. The van der Waals surface area contributed by atoms with Gasteiger partial charge in [-0.3, -0.25) is 4.79 Å². The lowest BCUT2D eigenvalue weighted by atomic mass is 10.1. The number of benzene rings is 1. The largest absolute Gasteiger partial charge is 0.381 e. The second-order valence-corrected chi connectivity index (χ2v) is 3.81. The molecule has 0 aromatic heterocycles. The molecule has 0 spiro atoms. The summed E-state index contributed by atoms with van der Waals surface area (Å²) < 4.78 is 12.8. The van der Waals surface area contributed by atoms with Gasteiger partial charge in [-0.1, -0.05) is 12.1 Å². The lowest BCUT2D eigenvalue weighted by Crippen LogP contribution is -2.39. The molecule has 4 nitrogen and oxygen atoms in total. The van der Waals surface area contributed by atoms with Gasteiger partial charge in [-0.2, -0.15) is 5.10 Å². The van der Waals surface area contributed by atoms with E-state index >= 15 is 0 Å². The Morgan fingerprint density at radius 1 is 1.56 bits per heavy atom. The monoisotopic (exact) mass is 224 g/mol. The number of nitrogens with one attached hydrogen (secondary N) is 1. The van der Waals surface area contributed by atoms with E-state index in [0.29, 0.717) is 5.56 Å². The zero-order valence-electron chi connectivity index (χ0n) is 9.07. The van der Waals surface area contributed by atoms with Crippen molar-refractivity contribution in [3.8, 4) is 0 Å². The van der Waals surface area contributed by atoms with Crippen molar-refractivity contribution in [1.82, 2.24) is 5.43 Å². The van der Waals surface area contributed by atoms with Crippen LogP contribution in [0.2, 0.25) is 0 Å². The van der Waals surface area contributed by atoms with Gasteiger partial charge in [0.05, 0.1) is 6.21 Å². The van der Waals surface area contributed by atoms with Crippen molar-refractivity contribution >= 4 is 12.1 Å². The van der Waals surface area contributed by atoms with E-state index in [0.717, 1.165) is 0 Å². The van der Waals surface area contributed by atoms with Crippen molar-refractivity contribution in [2.75, 3.05) is 0 Å². The van der Waals surface area contributed by atoms with Gasteiger partial charge in [-0.15, -0.1) is 0 Å². The van der Waals surface area contributed by atoms with Crippen LogP contribution in [0.5, 0.6) is 0 Å². The zero-order chi connectivity index (χ0) is 12.2. The molecule has 0 radical (unpaired) electrons. The summed E-state index contributed by atoms with van der Waals surface area (Å²) in [5, 5.41) is 12.9. The maximum Gasteiger partial charge on any atom is 0.271 e. The fraction of sp³-hybridized carbons (Fsp3) is 0.273. The van der Waals surface area contributed by atoms with E-state index in [1.807, 2.05) is 0 Å². The van der Waals surface area contributed by atoms with Crippen molar-refractivity contribution in [2.24, 2.45) is 5.10 Å². The highest BCUT2D eigenvalue weighted by Crippen LogP contribution is 2.01. The normalized spacial score (nSPS) is 11.8. The first-order valence-electron chi connectivity index (χ1n) is 4.71. The maximum atomic E-state index is 12.8. The van der Waals surface area contributed by atoms with Gasteiger partial charge in [0.1, 0.15) is 11.4 Å². The van der Waals surface area contributed by atoms with E-state index in [4.69, 9.17) is 0 Å². The summed E-state index contributed by atoms with van der Waals surface area (Å²) in [6.45, 7) is 2.69. The Bertz CT molecular complexity index is 411. The van der Waals surface area contributed by atoms with Gasteiger partial charge in [0, 0.05) is 0 Å². The van der Waals surface area contributed by atoms with Crippen LogP contribution in [0.3, 0.4) is 0 Å². The summed E-state index contributed by atoms with van der Waals surface area (Å²) in [7, 11) is 0. The van der Waals surface area contributed by atoms with Crippen LogP contribution < -0.4 is 5.43 Å². The number of carbonyl (C=O) groups is 1. The van der Waals surface area contributed by atoms with Gasteiger partial charge < -0.3 is 5.11 Å². The molecule has 0 atom stereocenters. The molecule has 86 valence electrons. The number of nitrogens with zero attached hydrogens (tertiary/aromatic N) is 1. The highest BCUT2D eigenvalue weighted by atomic mass is 19.1. The first kappa shape index (κ1) is 12.3. The first-order valence-corrected chi connectivity index (χ1v) is 4.71. The van der Waals surface area contributed by atoms with Crippen LogP contribution in [0, 0.1) is 5.82 Å². The molecule has 0 saturated carbocycles. The average molecular weight is 224 g/mol. The predicted molar refractivity (Wildman–Crippen MR) is 58.4 cm³/mol.